The third-order valence-electron chi connectivity index (χ3n) is 3.21. The van der Waals surface area contributed by atoms with Gasteiger partial charge in [0, 0.05) is 25.6 Å². The number of carbonyl (C=O) groups is 2. The Morgan fingerprint density at radius 1 is 1.55 bits per heavy atom. The van der Waals surface area contributed by atoms with Crippen molar-refractivity contribution in [3.63, 3.8) is 0 Å². The van der Waals surface area contributed by atoms with Gasteiger partial charge in [-0.2, -0.15) is 5.26 Å². The van der Waals surface area contributed by atoms with E-state index in [9.17, 15) is 14.9 Å². The van der Waals surface area contributed by atoms with E-state index in [1.165, 1.54) is 18.9 Å². The maximum atomic E-state index is 12.4. The summed E-state index contributed by atoms with van der Waals surface area (Å²) in [5, 5.41) is 11.9. The van der Waals surface area contributed by atoms with Crippen molar-refractivity contribution in [2.75, 3.05) is 20.2 Å². The molecule has 0 bridgehead atoms. The van der Waals surface area contributed by atoms with E-state index >= 15 is 0 Å². The van der Waals surface area contributed by atoms with E-state index in [1.54, 1.807) is 18.2 Å². The van der Waals surface area contributed by atoms with Gasteiger partial charge in [0.15, 0.2) is 0 Å². The fourth-order valence-electron chi connectivity index (χ4n) is 2.33. The molecule has 1 aromatic carbocycles. The number of nitrogens with one attached hydrogen (secondary N) is 1. The van der Waals surface area contributed by atoms with Crippen molar-refractivity contribution in [3.8, 4) is 11.8 Å². The van der Waals surface area contributed by atoms with Gasteiger partial charge in [0.2, 0.25) is 5.91 Å². The number of nitriles is 1. The zero-order valence-electron chi connectivity index (χ0n) is 11.3. The molecule has 0 aliphatic carbocycles. The van der Waals surface area contributed by atoms with Gasteiger partial charge in [-0.05, 0) is 6.07 Å². The highest BCUT2D eigenvalue weighted by Gasteiger charge is 2.38. The van der Waals surface area contributed by atoms with Crippen LogP contribution in [0.5, 0.6) is 5.75 Å². The molecule has 1 aliphatic rings. The zero-order valence-corrected chi connectivity index (χ0v) is 11.3. The first-order valence-electron chi connectivity index (χ1n) is 6.22. The fraction of sp³-hybridized carbons (Fsp3) is 0.357. The van der Waals surface area contributed by atoms with Crippen molar-refractivity contribution in [2.24, 2.45) is 0 Å². The minimum absolute atomic E-state index is 0.166. The molecule has 0 saturated heterocycles. The van der Waals surface area contributed by atoms with Gasteiger partial charge in [-0.1, -0.05) is 12.1 Å². The van der Waals surface area contributed by atoms with Crippen molar-refractivity contribution in [1.29, 1.82) is 5.26 Å². The summed E-state index contributed by atoms with van der Waals surface area (Å²) < 4.78 is 5.18. The maximum Gasteiger partial charge on any atom is 0.259 e. The van der Waals surface area contributed by atoms with Crippen LogP contribution in [0.3, 0.4) is 0 Å². The van der Waals surface area contributed by atoms with Crippen molar-refractivity contribution in [1.82, 2.24) is 10.2 Å². The quantitative estimate of drug-likeness (QED) is 0.881. The lowest BCUT2D eigenvalue weighted by molar-refractivity contribution is -0.119. The Bertz CT molecular complexity index is 592. The van der Waals surface area contributed by atoms with Crippen molar-refractivity contribution in [2.45, 2.75) is 13.0 Å². The summed E-state index contributed by atoms with van der Waals surface area (Å²) >= 11 is 0. The lowest BCUT2D eigenvalue weighted by Gasteiger charge is -2.19. The lowest BCUT2D eigenvalue weighted by Crippen LogP contribution is -2.36. The van der Waals surface area contributed by atoms with E-state index in [2.05, 4.69) is 11.4 Å². The van der Waals surface area contributed by atoms with Crippen molar-refractivity contribution >= 4 is 11.8 Å². The molecule has 6 heteroatoms. The highest BCUT2D eigenvalue weighted by Crippen LogP contribution is 2.37. The molecule has 1 aliphatic heterocycles. The number of rotatable bonds is 4. The largest absolute Gasteiger partial charge is 0.496 e. The highest BCUT2D eigenvalue weighted by atomic mass is 16.5. The van der Waals surface area contributed by atoms with Crippen LogP contribution >= 0.6 is 0 Å². The molecule has 2 amide bonds. The topological polar surface area (TPSA) is 82.4 Å². The Morgan fingerprint density at radius 2 is 2.30 bits per heavy atom. The molecule has 0 saturated carbocycles. The number of ether oxygens (including phenoxy) is 1. The molecular formula is C14H15N3O3. The predicted molar refractivity (Wildman–Crippen MR) is 71.1 cm³/mol. The van der Waals surface area contributed by atoms with E-state index in [1.807, 2.05) is 0 Å². The molecule has 0 fully saturated rings. The van der Waals surface area contributed by atoms with Gasteiger partial charge in [0.25, 0.3) is 5.91 Å². The Morgan fingerprint density at radius 3 is 2.90 bits per heavy atom. The third kappa shape index (κ3) is 2.30. The van der Waals surface area contributed by atoms with Gasteiger partial charge in [0.1, 0.15) is 11.8 Å². The number of fused-ring (bicyclic) bond motifs is 1. The smallest absolute Gasteiger partial charge is 0.259 e. The van der Waals surface area contributed by atoms with Crippen molar-refractivity contribution in [3.05, 3.63) is 29.3 Å². The number of benzene rings is 1. The van der Waals surface area contributed by atoms with E-state index in [0.29, 0.717) is 23.4 Å². The van der Waals surface area contributed by atoms with Crippen molar-refractivity contribution < 1.29 is 14.3 Å². The molecule has 0 radical (unpaired) electrons. The number of methoxy groups -OCH3 is 1. The molecule has 6 nitrogen and oxygen atoms in total. The lowest BCUT2D eigenvalue weighted by atomic mass is 10.0. The summed E-state index contributed by atoms with van der Waals surface area (Å²) in [6, 6.07) is 6.69. The van der Waals surface area contributed by atoms with Crippen LogP contribution in [0.4, 0.5) is 0 Å². The molecule has 20 heavy (non-hydrogen) atoms. The number of hydrogen-bond donors (Lipinski definition) is 1. The minimum atomic E-state index is -0.638. The summed E-state index contributed by atoms with van der Waals surface area (Å²) in [5.41, 5.74) is 1.09. The van der Waals surface area contributed by atoms with E-state index < -0.39 is 6.04 Å². The van der Waals surface area contributed by atoms with E-state index in [4.69, 9.17) is 4.74 Å². The maximum absolute atomic E-state index is 12.4. The molecule has 104 valence electrons. The van der Waals surface area contributed by atoms with Gasteiger partial charge in [0.05, 0.1) is 18.7 Å². The first-order chi connectivity index (χ1) is 9.60. The summed E-state index contributed by atoms with van der Waals surface area (Å²) in [4.78, 5) is 24.7. The van der Waals surface area contributed by atoms with Crippen LogP contribution in [-0.4, -0.2) is 36.9 Å². The summed E-state index contributed by atoms with van der Waals surface area (Å²) in [6.45, 7) is 2.01. The first-order valence-corrected chi connectivity index (χ1v) is 6.22. The second-order valence-corrected chi connectivity index (χ2v) is 4.44. The molecule has 1 N–H and O–H groups in total. The number of carbonyl (C=O) groups excluding carboxylic acids is 2. The van der Waals surface area contributed by atoms with Crippen LogP contribution < -0.4 is 10.1 Å². The van der Waals surface area contributed by atoms with Gasteiger partial charge in [-0.3, -0.25) is 9.59 Å². The minimum Gasteiger partial charge on any atom is -0.496 e. The number of nitrogens with zero attached hydrogens (tertiary/aromatic N) is 2. The Balaban J connectivity index is 2.27. The highest BCUT2D eigenvalue weighted by molar-refractivity contribution is 6.02. The first kappa shape index (κ1) is 13.9. The SMILES string of the molecule is COc1cccc2c1C(=O)N(CCNC(C)=O)C2C#N. The zero-order chi connectivity index (χ0) is 14.7. The molecule has 1 atom stereocenters. The second-order valence-electron chi connectivity index (χ2n) is 4.44. The average molecular weight is 273 g/mol. The third-order valence-corrected chi connectivity index (χ3v) is 3.21. The van der Waals surface area contributed by atoms with Gasteiger partial charge >= 0.3 is 0 Å². The molecule has 2 rings (SSSR count). The van der Waals surface area contributed by atoms with E-state index in [-0.39, 0.29) is 18.4 Å². The van der Waals surface area contributed by atoms with Crippen LogP contribution in [-0.2, 0) is 4.79 Å². The summed E-state index contributed by atoms with van der Waals surface area (Å²) in [7, 11) is 1.49. The van der Waals surface area contributed by atoms with Crippen LogP contribution in [0, 0.1) is 11.3 Å². The number of hydrogen-bond acceptors (Lipinski definition) is 4. The summed E-state index contributed by atoms with van der Waals surface area (Å²) in [5.74, 6) is 0.0596. The van der Waals surface area contributed by atoms with Crippen LogP contribution in [0.15, 0.2) is 18.2 Å². The average Bonchev–Trinajstić information content (AvgIpc) is 2.71. The van der Waals surface area contributed by atoms with Crippen LogP contribution in [0.2, 0.25) is 0 Å². The molecule has 1 unspecified atom stereocenters. The van der Waals surface area contributed by atoms with Crippen LogP contribution in [0.1, 0.15) is 28.9 Å². The predicted octanol–water partition coefficient (Wildman–Crippen LogP) is 0.852. The number of amides is 2. The normalized spacial score (nSPS) is 16.6. The Kier molecular flexibility index (Phi) is 3.89. The second kappa shape index (κ2) is 5.61. The van der Waals surface area contributed by atoms with Crippen LogP contribution in [0.25, 0.3) is 0 Å². The monoisotopic (exact) mass is 273 g/mol. The standard InChI is InChI=1S/C14H15N3O3/c1-9(18)16-6-7-17-11(8-15)10-4-3-5-12(20-2)13(10)14(17)19/h3-5,11H,6-7H2,1-2H3,(H,16,18). The Hall–Kier alpha value is -2.55. The molecule has 0 spiro atoms. The van der Waals surface area contributed by atoms with Gasteiger partial charge < -0.3 is 15.0 Å². The molecule has 1 heterocycles. The van der Waals surface area contributed by atoms with E-state index in [0.717, 1.165) is 0 Å². The van der Waals surface area contributed by atoms with Gasteiger partial charge in [-0.25, -0.2) is 0 Å². The molecule has 1 aromatic rings. The fourth-order valence-corrected chi connectivity index (χ4v) is 2.33. The molecular weight excluding hydrogens is 258 g/mol. The Labute approximate surface area is 116 Å². The molecule has 0 aromatic heterocycles. The van der Waals surface area contributed by atoms with Gasteiger partial charge in [-0.15, -0.1) is 0 Å². The summed E-state index contributed by atoms with van der Waals surface area (Å²) in [6.07, 6.45) is 0.